The lowest BCUT2D eigenvalue weighted by Gasteiger charge is -2.07. The van der Waals surface area contributed by atoms with Crippen LogP contribution in [0.25, 0.3) is 11.1 Å². The maximum atomic E-state index is 12.3. The van der Waals surface area contributed by atoms with Crippen LogP contribution in [0.15, 0.2) is 76.7 Å². The summed E-state index contributed by atoms with van der Waals surface area (Å²) < 4.78 is 29.7. The smallest absolute Gasteiger partial charge is 0.340 e. The molecule has 0 radical (unpaired) electrons. The number of thioether (sulfide) groups is 1. The van der Waals surface area contributed by atoms with E-state index in [1.807, 2.05) is 37.4 Å². The molecule has 0 bridgehead atoms. The molecular weight excluding hydrogens is 354 g/mol. The van der Waals surface area contributed by atoms with Crippen LogP contribution in [-0.2, 0) is 10.1 Å². The van der Waals surface area contributed by atoms with Crippen LogP contribution < -0.4 is 4.18 Å². The molecule has 0 N–H and O–H groups in total. The van der Waals surface area contributed by atoms with E-state index in [-0.39, 0.29) is 10.8 Å². The molecule has 2 aromatic carbocycles. The van der Waals surface area contributed by atoms with Gasteiger partial charge in [-0.05, 0) is 49.1 Å². The number of rotatable bonds is 5. The number of hydrogen-bond donors (Lipinski definition) is 0. The van der Waals surface area contributed by atoms with Gasteiger partial charge in [-0.15, -0.1) is 11.8 Å². The second kappa shape index (κ2) is 7.29. The molecule has 0 saturated carbocycles. The second-order valence-electron chi connectivity index (χ2n) is 5.46. The zero-order valence-electron chi connectivity index (χ0n) is 13.8. The summed E-state index contributed by atoms with van der Waals surface area (Å²) in [6, 6.07) is 17.9. The monoisotopic (exact) mass is 371 g/mol. The van der Waals surface area contributed by atoms with E-state index in [1.165, 1.54) is 17.0 Å². The predicted octanol–water partition coefficient (Wildman–Crippen LogP) is 4.55. The Hall–Kier alpha value is -2.31. The van der Waals surface area contributed by atoms with Crippen LogP contribution in [0, 0.1) is 6.92 Å². The topological polar surface area (TPSA) is 56.3 Å². The third-order valence-corrected chi connectivity index (χ3v) is 5.65. The molecule has 6 heteroatoms. The summed E-state index contributed by atoms with van der Waals surface area (Å²) in [7, 11) is -3.88. The average Bonchev–Trinajstić information content (AvgIpc) is 2.62. The highest BCUT2D eigenvalue weighted by Crippen LogP contribution is 2.24. The fourth-order valence-electron chi connectivity index (χ4n) is 2.25. The maximum absolute atomic E-state index is 12.3. The molecule has 0 saturated heterocycles. The molecule has 0 aliphatic heterocycles. The van der Waals surface area contributed by atoms with Crippen LogP contribution in [0.5, 0.6) is 5.88 Å². The van der Waals surface area contributed by atoms with Crippen molar-refractivity contribution >= 4 is 21.9 Å². The van der Waals surface area contributed by atoms with Crippen LogP contribution >= 0.6 is 11.8 Å². The van der Waals surface area contributed by atoms with Crippen molar-refractivity contribution in [1.29, 1.82) is 0 Å². The standard InChI is InChI=1S/C19H17NO3S2/c1-14-3-10-18(11-4-14)25(21,22)23-19-12-7-16(13-20-19)15-5-8-17(24-2)9-6-15/h3-13H,1-2H3. The number of hydrogen-bond acceptors (Lipinski definition) is 5. The maximum Gasteiger partial charge on any atom is 0.340 e. The molecule has 3 aromatic rings. The van der Waals surface area contributed by atoms with Crippen LogP contribution in [-0.4, -0.2) is 19.7 Å². The van der Waals surface area contributed by atoms with E-state index in [9.17, 15) is 8.42 Å². The summed E-state index contributed by atoms with van der Waals surface area (Å²) in [6.45, 7) is 1.89. The molecule has 0 unspecified atom stereocenters. The van der Waals surface area contributed by atoms with E-state index in [0.717, 1.165) is 16.7 Å². The van der Waals surface area contributed by atoms with Gasteiger partial charge in [0.1, 0.15) is 4.90 Å². The molecule has 0 spiro atoms. The Morgan fingerprint density at radius 3 is 2.08 bits per heavy atom. The Morgan fingerprint density at radius 1 is 0.880 bits per heavy atom. The summed E-state index contributed by atoms with van der Waals surface area (Å²) in [4.78, 5) is 5.41. The summed E-state index contributed by atoms with van der Waals surface area (Å²) in [6.07, 6.45) is 3.63. The lowest BCUT2D eigenvalue weighted by atomic mass is 10.1. The molecule has 3 rings (SSSR count). The lowest BCUT2D eigenvalue weighted by molar-refractivity contribution is 0.476. The van der Waals surface area contributed by atoms with Crippen molar-refractivity contribution in [2.24, 2.45) is 0 Å². The molecule has 4 nitrogen and oxygen atoms in total. The van der Waals surface area contributed by atoms with Gasteiger partial charge in [0.2, 0.25) is 5.88 Å². The van der Waals surface area contributed by atoms with Gasteiger partial charge in [-0.2, -0.15) is 8.42 Å². The van der Waals surface area contributed by atoms with Crippen molar-refractivity contribution in [1.82, 2.24) is 4.98 Å². The van der Waals surface area contributed by atoms with Crippen LogP contribution in [0.3, 0.4) is 0 Å². The van der Waals surface area contributed by atoms with Gasteiger partial charge < -0.3 is 4.18 Å². The van der Waals surface area contributed by atoms with Crippen molar-refractivity contribution in [2.75, 3.05) is 6.26 Å². The van der Waals surface area contributed by atoms with Crippen molar-refractivity contribution in [3.05, 3.63) is 72.4 Å². The quantitative estimate of drug-likeness (QED) is 0.486. The van der Waals surface area contributed by atoms with Crippen molar-refractivity contribution in [3.63, 3.8) is 0 Å². The zero-order valence-corrected chi connectivity index (χ0v) is 15.5. The van der Waals surface area contributed by atoms with Gasteiger partial charge >= 0.3 is 10.1 Å². The van der Waals surface area contributed by atoms with Gasteiger partial charge in [-0.3, -0.25) is 0 Å². The van der Waals surface area contributed by atoms with Crippen molar-refractivity contribution in [3.8, 4) is 17.0 Å². The first kappa shape index (κ1) is 17.5. The highest BCUT2D eigenvalue weighted by molar-refractivity contribution is 7.98. The first-order chi connectivity index (χ1) is 12.0. The molecule has 0 aliphatic carbocycles. The first-order valence-electron chi connectivity index (χ1n) is 7.59. The number of benzene rings is 2. The molecule has 0 atom stereocenters. The fraction of sp³-hybridized carbons (Fsp3) is 0.105. The minimum Gasteiger partial charge on any atom is -0.358 e. The third-order valence-electron chi connectivity index (χ3n) is 3.66. The summed E-state index contributed by atoms with van der Waals surface area (Å²) in [5.41, 5.74) is 2.89. The van der Waals surface area contributed by atoms with E-state index in [4.69, 9.17) is 4.18 Å². The summed E-state index contributed by atoms with van der Waals surface area (Å²) in [5.74, 6) is 0.0464. The Bertz CT molecular complexity index is 949. The molecule has 0 amide bonds. The number of nitrogens with zero attached hydrogens (tertiary/aromatic N) is 1. The fourth-order valence-corrected chi connectivity index (χ4v) is 3.55. The van der Waals surface area contributed by atoms with Gasteiger partial charge in [0.25, 0.3) is 0 Å². The van der Waals surface area contributed by atoms with Gasteiger partial charge in [0, 0.05) is 22.7 Å². The Labute approximate surface area is 152 Å². The molecule has 0 aliphatic rings. The summed E-state index contributed by atoms with van der Waals surface area (Å²) in [5, 5.41) is 0. The molecule has 128 valence electrons. The normalized spacial score (nSPS) is 11.3. The van der Waals surface area contributed by atoms with Crippen LogP contribution in [0.2, 0.25) is 0 Å². The minimum atomic E-state index is -3.88. The molecule has 1 heterocycles. The Morgan fingerprint density at radius 2 is 1.52 bits per heavy atom. The lowest BCUT2D eigenvalue weighted by Crippen LogP contribution is -2.10. The predicted molar refractivity (Wildman–Crippen MR) is 100 cm³/mol. The Kier molecular flexibility index (Phi) is 5.11. The SMILES string of the molecule is CSc1ccc(-c2ccc(OS(=O)(=O)c3ccc(C)cc3)nc2)cc1. The average molecular weight is 371 g/mol. The van der Waals surface area contributed by atoms with E-state index in [0.29, 0.717) is 0 Å². The number of aryl methyl sites for hydroxylation is 1. The van der Waals surface area contributed by atoms with Gasteiger partial charge in [0.05, 0.1) is 0 Å². The van der Waals surface area contributed by atoms with Crippen molar-refractivity contribution in [2.45, 2.75) is 16.7 Å². The van der Waals surface area contributed by atoms with Gasteiger partial charge in [-0.1, -0.05) is 29.8 Å². The molecule has 25 heavy (non-hydrogen) atoms. The van der Waals surface area contributed by atoms with Crippen molar-refractivity contribution < 1.29 is 12.6 Å². The van der Waals surface area contributed by atoms with Crippen LogP contribution in [0.1, 0.15) is 5.56 Å². The van der Waals surface area contributed by atoms with E-state index < -0.39 is 10.1 Å². The molecule has 1 aromatic heterocycles. The van der Waals surface area contributed by atoms with E-state index >= 15 is 0 Å². The van der Waals surface area contributed by atoms with Crippen LogP contribution in [0.4, 0.5) is 0 Å². The highest BCUT2D eigenvalue weighted by Gasteiger charge is 2.17. The van der Waals surface area contributed by atoms with Gasteiger partial charge in [0.15, 0.2) is 0 Å². The minimum absolute atomic E-state index is 0.0464. The Balaban J connectivity index is 1.79. The summed E-state index contributed by atoms with van der Waals surface area (Å²) >= 11 is 1.68. The molecule has 0 fully saturated rings. The largest absolute Gasteiger partial charge is 0.358 e. The van der Waals surface area contributed by atoms with E-state index in [1.54, 1.807) is 42.2 Å². The van der Waals surface area contributed by atoms with Gasteiger partial charge in [-0.25, -0.2) is 4.98 Å². The third kappa shape index (κ3) is 4.21. The first-order valence-corrected chi connectivity index (χ1v) is 10.2. The highest BCUT2D eigenvalue weighted by atomic mass is 32.2. The molecular formula is C19H17NO3S2. The van der Waals surface area contributed by atoms with E-state index in [2.05, 4.69) is 4.98 Å². The number of aromatic nitrogens is 1. The number of pyridine rings is 1. The zero-order chi connectivity index (χ0) is 17.9. The second-order valence-corrected chi connectivity index (χ2v) is 7.89.